The topological polar surface area (TPSA) is 59.0 Å². The maximum absolute atomic E-state index is 10.8. The zero-order valence-corrected chi connectivity index (χ0v) is 11.8. The van der Waals surface area contributed by atoms with E-state index in [4.69, 9.17) is 26.2 Å². The zero-order chi connectivity index (χ0) is 14.3. The third-order valence-corrected chi connectivity index (χ3v) is 2.84. The average Bonchev–Trinajstić information content (AvgIpc) is 2.35. The van der Waals surface area contributed by atoms with Crippen molar-refractivity contribution in [3.05, 3.63) is 28.8 Å². The van der Waals surface area contributed by atoms with Gasteiger partial charge in [0.1, 0.15) is 5.75 Å². The number of rotatable bonds is 8. The number of carboxylic acids is 1. The second-order valence-electron chi connectivity index (χ2n) is 4.05. The van der Waals surface area contributed by atoms with E-state index in [1.54, 1.807) is 37.3 Å². The van der Waals surface area contributed by atoms with Crippen molar-refractivity contribution in [2.24, 2.45) is 0 Å². The van der Waals surface area contributed by atoms with Gasteiger partial charge < -0.3 is 14.6 Å². The molecule has 0 heterocycles. The summed E-state index contributed by atoms with van der Waals surface area (Å²) in [6.07, 6.45) is 0. The Morgan fingerprint density at radius 1 is 1.42 bits per heavy atom. The highest BCUT2D eigenvalue weighted by Crippen LogP contribution is 2.23. The van der Waals surface area contributed by atoms with Gasteiger partial charge in [-0.25, -0.2) is 0 Å². The van der Waals surface area contributed by atoms with E-state index in [1.807, 2.05) is 0 Å². The Balaban J connectivity index is 2.81. The Labute approximate surface area is 117 Å². The number of methoxy groups -OCH3 is 2. The van der Waals surface area contributed by atoms with Gasteiger partial charge in [-0.3, -0.25) is 9.69 Å². The van der Waals surface area contributed by atoms with Crippen LogP contribution in [-0.2, 0) is 16.1 Å². The van der Waals surface area contributed by atoms with Gasteiger partial charge in [0, 0.05) is 30.8 Å². The van der Waals surface area contributed by atoms with Crippen molar-refractivity contribution < 1.29 is 19.4 Å². The molecule has 0 aliphatic carbocycles. The lowest BCUT2D eigenvalue weighted by atomic mass is 10.2. The molecule has 1 N–H and O–H groups in total. The number of carboxylic acid groups (broad SMARTS) is 1. The van der Waals surface area contributed by atoms with Crippen LogP contribution in [0.1, 0.15) is 5.56 Å². The Kier molecular flexibility index (Phi) is 6.62. The van der Waals surface area contributed by atoms with Crippen molar-refractivity contribution in [2.45, 2.75) is 6.54 Å². The summed E-state index contributed by atoms with van der Waals surface area (Å²) in [4.78, 5) is 12.6. The minimum absolute atomic E-state index is 0.0565. The van der Waals surface area contributed by atoms with Crippen LogP contribution in [0.5, 0.6) is 5.75 Å². The molecule has 0 spiro atoms. The fourth-order valence-electron chi connectivity index (χ4n) is 1.74. The van der Waals surface area contributed by atoms with Gasteiger partial charge in [0.05, 0.1) is 20.3 Å². The molecule has 0 saturated carbocycles. The molecule has 19 heavy (non-hydrogen) atoms. The summed E-state index contributed by atoms with van der Waals surface area (Å²) >= 11 is 5.95. The Hall–Kier alpha value is -1.30. The molecule has 1 aromatic carbocycles. The van der Waals surface area contributed by atoms with Gasteiger partial charge in [0.25, 0.3) is 0 Å². The quantitative estimate of drug-likeness (QED) is 0.791. The first kappa shape index (κ1) is 15.8. The van der Waals surface area contributed by atoms with E-state index in [9.17, 15) is 4.79 Å². The van der Waals surface area contributed by atoms with E-state index < -0.39 is 5.97 Å². The lowest BCUT2D eigenvalue weighted by Gasteiger charge is -2.21. The normalized spacial score (nSPS) is 10.7. The highest BCUT2D eigenvalue weighted by molar-refractivity contribution is 6.30. The fourth-order valence-corrected chi connectivity index (χ4v) is 1.93. The third-order valence-electron chi connectivity index (χ3n) is 2.61. The molecule has 0 aromatic heterocycles. The molecule has 0 bridgehead atoms. The third kappa shape index (κ3) is 5.46. The largest absolute Gasteiger partial charge is 0.496 e. The molecule has 6 heteroatoms. The maximum atomic E-state index is 10.8. The second kappa shape index (κ2) is 7.99. The summed E-state index contributed by atoms with van der Waals surface area (Å²) in [5.74, 6) is -0.186. The number of ether oxygens (including phenoxy) is 2. The van der Waals surface area contributed by atoms with Crippen LogP contribution in [0.4, 0.5) is 0 Å². The van der Waals surface area contributed by atoms with Crippen LogP contribution in [0.3, 0.4) is 0 Å². The van der Waals surface area contributed by atoms with E-state index in [1.165, 1.54) is 0 Å². The minimum Gasteiger partial charge on any atom is -0.496 e. The molecular formula is C13H18ClNO4. The predicted octanol–water partition coefficient (Wildman–Crippen LogP) is 1.88. The first-order valence-corrected chi connectivity index (χ1v) is 6.20. The molecule has 106 valence electrons. The van der Waals surface area contributed by atoms with Gasteiger partial charge in [-0.2, -0.15) is 0 Å². The first-order valence-electron chi connectivity index (χ1n) is 5.82. The van der Waals surface area contributed by atoms with Gasteiger partial charge in [-0.1, -0.05) is 11.6 Å². The van der Waals surface area contributed by atoms with Crippen LogP contribution in [0.2, 0.25) is 5.02 Å². The molecule has 0 fully saturated rings. The van der Waals surface area contributed by atoms with Gasteiger partial charge >= 0.3 is 5.97 Å². The number of hydrogen-bond acceptors (Lipinski definition) is 4. The van der Waals surface area contributed by atoms with E-state index in [-0.39, 0.29) is 6.54 Å². The number of hydrogen-bond donors (Lipinski definition) is 1. The molecule has 1 rings (SSSR count). The van der Waals surface area contributed by atoms with Gasteiger partial charge in [-0.15, -0.1) is 0 Å². The van der Waals surface area contributed by atoms with Crippen molar-refractivity contribution in [3.8, 4) is 5.75 Å². The molecule has 0 radical (unpaired) electrons. The van der Waals surface area contributed by atoms with Crippen LogP contribution in [0.25, 0.3) is 0 Å². The zero-order valence-electron chi connectivity index (χ0n) is 11.1. The molecule has 0 unspecified atom stereocenters. The second-order valence-corrected chi connectivity index (χ2v) is 4.49. The first-order chi connectivity index (χ1) is 9.06. The average molecular weight is 288 g/mol. The Morgan fingerprint density at radius 3 is 2.74 bits per heavy atom. The van der Waals surface area contributed by atoms with E-state index >= 15 is 0 Å². The van der Waals surface area contributed by atoms with Crippen molar-refractivity contribution in [1.82, 2.24) is 4.90 Å². The number of benzene rings is 1. The monoisotopic (exact) mass is 287 g/mol. The summed E-state index contributed by atoms with van der Waals surface area (Å²) in [5.41, 5.74) is 0.854. The Bertz CT molecular complexity index is 425. The lowest BCUT2D eigenvalue weighted by molar-refractivity contribution is -0.138. The maximum Gasteiger partial charge on any atom is 0.317 e. The van der Waals surface area contributed by atoms with E-state index in [0.29, 0.717) is 30.5 Å². The van der Waals surface area contributed by atoms with Crippen molar-refractivity contribution >= 4 is 17.6 Å². The highest BCUT2D eigenvalue weighted by atomic mass is 35.5. The highest BCUT2D eigenvalue weighted by Gasteiger charge is 2.13. The molecule has 0 aliphatic heterocycles. The molecule has 5 nitrogen and oxygen atoms in total. The van der Waals surface area contributed by atoms with Crippen LogP contribution in [0, 0.1) is 0 Å². The molecule has 1 aromatic rings. The van der Waals surface area contributed by atoms with Crippen molar-refractivity contribution in [1.29, 1.82) is 0 Å². The molecule has 0 amide bonds. The minimum atomic E-state index is -0.878. The summed E-state index contributed by atoms with van der Waals surface area (Å²) in [7, 11) is 3.16. The van der Waals surface area contributed by atoms with Crippen LogP contribution in [-0.4, -0.2) is 49.9 Å². The number of nitrogens with zero attached hydrogens (tertiary/aromatic N) is 1. The SMILES string of the molecule is COCCN(CC(=O)O)Cc1cc(Cl)ccc1OC. The smallest absolute Gasteiger partial charge is 0.317 e. The number of carbonyl (C=O) groups is 1. The van der Waals surface area contributed by atoms with E-state index in [2.05, 4.69) is 0 Å². The number of aliphatic carboxylic acids is 1. The van der Waals surface area contributed by atoms with Crippen molar-refractivity contribution in [2.75, 3.05) is 33.9 Å². The van der Waals surface area contributed by atoms with Crippen LogP contribution >= 0.6 is 11.6 Å². The fraction of sp³-hybridized carbons (Fsp3) is 0.462. The molecule has 0 saturated heterocycles. The summed E-state index contributed by atoms with van der Waals surface area (Å²) in [6.45, 7) is 1.38. The summed E-state index contributed by atoms with van der Waals surface area (Å²) in [6, 6.07) is 5.29. The van der Waals surface area contributed by atoms with Crippen LogP contribution in [0.15, 0.2) is 18.2 Å². The Morgan fingerprint density at radius 2 is 2.16 bits per heavy atom. The standard InChI is InChI=1S/C13H18ClNO4/c1-18-6-5-15(9-13(16)17)8-10-7-11(14)3-4-12(10)19-2/h3-4,7H,5-6,8-9H2,1-2H3,(H,16,17). The van der Waals surface area contributed by atoms with Gasteiger partial charge in [-0.05, 0) is 18.2 Å². The van der Waals surface area contributed by atoms with Crippen molar-refractivity contribution in [3.63, 3.8) is 0 Å². The van der Waals surface area contributed by atoms with Crippen LogP contribution < -0.4 is 4.74 Å². The van der Waals surface area contributed by atoms with Gasteiger partial charge in [0.2, 0.25) is 0 Å². The summed E-state index contributed by atoms with van der Waals surface area (Å²) in [5, 5.41) is 9.50. The number of halogens is 1. The molecule has 0 atom stereocenters. The van der Waals surface area contributed by atoms with E-state index in [0.717, 1.165) is 5.56 Å². The summed E-state index contributed by atoms with van der Waals surface area (Å²) < 4.78 is 10.2. The predicted molar refractivity (Wildman–Crippen MR) is 72.8 cm³/mol. The lowest BCUT2D eigenvalue weighted by Crippen LogP contribution is -2.32. The molecular weight excluding hydrogens is 270 g/mol. The van der Waals surface area contributed by atoms with Gasteiger partial charge in [0.15, 0.2) is 0 Å². The molecule has 0 aliphatic rings.